The minimum absolute atomic E-state index is 0.0251. The van der Waals surface area contributed by atoms with Gasteiger partial charge in [-0.3, -0.25) is 4.98 Å². The number of hydrogen-bond acceptors (Lipinski definition) is 2. The molecule has 1 fully saturated rings. The molecule has 0 amide bonds. The van der Waals surface area contributed by atoms with Crippen LogP contribution in [0.5, 0.6) is 0 Å². The van der Waals surface area contributed by atoms with E-state index >= 15 is 0 Å². The van der Waals surface area contributed by atoms with Gasteiger partial charge in [0.25, 0.3) is 0 Å². The molecule has 5 heteroatoms. The topological polar surface area (TPSA) is 33.1 Å². The van der Waals surface area contributed by atoms with Crippen molar-refractivity contribution in [2.45, 2.75) is 53.6 Å². The summed E-state index contributed by atoms with van der Waals surface area (Å²) < 4.78 is 2.40. The normalized spacial score (nSPS) is 17.7. The van der Waals surface area contributed by atoms with Gasteiger partial charge >= 0.3 is 0 Å². The number of nitrogens with one attached hydrogen (secondary N) is 1. The summed E-state index contributed by atoms with van der Waals surface area (Å²) in [6.45, 7) is 13.1. The highest BCUT2D eigenvalue weighted by molar-refractivity contribution is 7.80. The molecule has 0 bridgehead atoms. The van der Waals surface area contributed by atoms with Crippen molar-refractivity contribution >= 4 is 23.0 Å². The first kappa shape index (κ1) is 23.3. The summed E-state index contributed by atoms with van der Waals surface area (Å²) in [4.78, 5) is 7.01. The number of para-hydroxylation sites is 1. The van der Waals surface area contributed by atoms with Crippen LogP contribution < -0.4 is 10.2 Å². The van der Waals surface area contributed by atoms with E-state index in [2.05, 4.69) is 105 Å². The minimum atomic E-state index is -0.0589. The van der Waals surface area contributed by atoms with Gasteiger partial charge in [-0.05, 0) is 112 Å². The molecule has 5 rings (SSSR count). The van der Waals surface area contributed by atoms with E-state index in [-0.39, 0.29) is 12.1 Å². The summed E-state index contributed by atoms with van der Waals surface area (Å²) >= 11 is 5.96. The fraction of sp³-hybridized carbons (Fsp3) is 0.267. The highest BCUT2D eigenvalue weighted by Crippen LogP contribution is 2.44. The lowest BCUT2D eigenvalue weighted by atomic mass is 9.96. The fourth-order valence-corrected chi connectivity index (χ4v) is 5.97. The van der Waals surface area contributed by atoms with Gasteiger partial charge in [-0.2, -0.15) is 0 Å². The lowest BCUT2D eigenvalue weighted by Gasteiger charge is -2.29. The van der Waals surface area contributed by atoms with Crippen molar-refractivity contribution in [3.8, 4) is 5.69 Å². The van der Waals surface area contributed by atoms with Crippen LogP contribution in [0.2, 0.25) is 0 Å². The van der Waals surface area contributed by atoms with E-state index in [1.807, 2.05) is 18.3 Å². The van der Waals surface area contributed by atoms with Crippen LogP contribution in [0, 0.1) is 41.5 Å². The van der Waals surface area contributed by atoms with Gasteiger partial charge in [-0.15, -0.1) is 0 Å². The third kappa shape index (κ3) is 4.04. The molecule has 3 heterocycles. The zero-order valence-electron chi connectivity index (χ0n) is 21.3. The molecule has 35 heavy (non-hydrogen) atoms. The van der Waals surface area contributed by atoms with E-state index in [1.165, 1.54) is 44.9 Å². The molecule has 2 aromatic heterocycles. The molecule has 2 atom stereocenters. The van der Waals surface area contributed by atoms with Crippen molar-refractivity contribution in [2.24, 2.45) is 0 Å². The monoisotopic (exact) mass is 480 g/mol. The molecule has 1 saturated heterocycles. The van der Waals surface area contributed by atoms with E-state index in [1.54, 1.807) is 0 Å². The number of thiocarbonyl (C=S) groups is 1. The molecule has 4 aromatic rings. The predicted octanol–water partition coefficient (Wildman–Crippen LogP) is 6.90. The molecular formula is C30H32N4S. The summed E-state index contributed by atoms with van der Waals surface area (Å²) in [6.07, 6.45) is 1.86. The molecule has 1 N–H and O–H groups in total. The molecule has 0 saturated carbocycles. The molecule has 2 aromatic carbocycles. The summed E-state index contributed by atoms with van der Waals surface area (Å²) in [7, 11) is 0. The van der Waals surface area contributed by atoms with E-state index in [0.717, 1.165) is 16.5 Å². The van der Waals surface area contributed by atoms with Gasteiger partial charge in [0.1, 0.15) is 0 Å². The minimum Gasteiger partial charge on any atom is -0.351 e. The Hall–Kier alpha value is -3.44. The zero-order chi connectivity index (χ0) is 24.9. The summed E-state index contributed by atoms with van der Waals surface area (Å²) in [6, 6.07) is 21.5. The number of anilines is 1. The van der Waals surface area contributed by atoms with Crippen LogP contribution in [-0.4, -0.2) is 14.7 Å². The summed E-state index contributed by atoms with van der Waals surface area (Å²) in [5.74, 6) is 0. The van der Waals surface area contributed by atoms with Crippen LogP contribution in [-0.2, 0) is 0 Å². The Morgan fingerprint density at radius 3 is 2.14 bits per heavy atom. The Labute approximate surface area is 213 Å². The van der Waals surface area contributed by atoms with Crippen LogP contribution in [0.4, 0.5) is 5.69 Å². The van der Waals surface area contributed by atoms with Crippen molar-refractivity contribution in [1.29, 1.82) is 0 Å². The van der Waals surface area contributed by atoms with Crippen molar-refractivity contribution in [3.63, 3.8) is 0 Å². The van der Waals surface area contributed by atoms with Crippen molar-refractivity contribution < 1.29 is 0 Å². The van der Waals surface area contributed by atoms with Crippen molar-refractivity contribution in [2.75, 3.05) is 4.90 Å². The van der Waals surface area contributed by atoms with Crippen LogP contribution in [0.15, 0.2) is 66.9 Å². The van der Waals surface area contributed by atoms with Gasteiger partial charge in [0.2, 0.25) is 0 Å². The quantitative estimate of drug-likeness (QED) is 0.322. The van der Waals surface area contributed by atoms with E-state index < -0.39 is 0 Å². The smallest absolute Gasteiger partial charge is 0.174 e. The van der Waals surface area contributed by atoms with E-state index in [9.17, 15) is 0 Å². The molecule has 0 radical (unpaired) electrons. The maximum Gasteiger partial charge on any atom is 0.174 e. The number of pyridine rings is 1. The SMILES string of the molecule is Cc1cc(C)cc(N2C(=S)N[C@H](c3ccccn3)[C@H]2c2cc(C)n(-c3c(C)cccc3C)c2C)c1. The Morgan fingerprint density at radius 2 is 1.51 bits per heavy atom. The average molecular weight is 481 g/mol. The van der Waals surface area contributed by atoms with Crippen LogP contribution in [0.3, 0.4) is 0 Å². The number of aryl methyl sites for hydroxylation is 5. The molecule has 178 valence electrons. The number of benzene rings is 2. The number of aromatic nitrogens is 2. The maximum atomic E-state index is 5.96. The van der Waals surface area contributed by atoms with Crippen LogP contribution in [0.1, 0.15) is 57.0 Å². The lowest BCUT2D eigenvalue weighted by Crippen LogP contribution is -2.29. The molecular weight excluding hydrogens is 448 g/mol. The summed E-state index contributed by atoms with van der Waals surface area (Å²) in [5, 5.41) is 4.34. The Bertz CT molecular complexity index is 1380. The van der Waals surface area contributed by atoms with Gasteiger partial charge in [0.05, 0.1) is 23.5 Å². The largest absolute Gasteiger partial charge is 0.351 e. The molecule has 0 spiro atoms. The first-order valence-corrected chi connectivity index (χ1v) is 12.5. The fourth-order valence-electron chi connectivity index (χ4n) is 5.63. The van der Waals surface area contributed by atoms with Gasteiger partial charge in [-0.1, -0.05) is 30.3 Å². The molecule has 0 unspecified atom stereocenters. The number of hydrogen-bond donors (Lipinski definition) is 1. The molecule has 0 aliphatic carbocycles. The second-order valence-electron chi connectivity index (χ2n) is 9.74. The third-order valence-corrected chi connectivity index (χ3v) is 7.35. The van der Waals surface area contributed by atoms with Gasteiger partial charge < -0.3 is 14.8 Å². The van der Waals surface area contributed by atoms with Gasteiger partial charge in [0.15, 0.2) is 5.11 Å². The Morgan fingerprint density at radius 1 is 0.829 bits per heavy atom. The average Bonchev–Trinajstić information content (AvgIpc) is 3.30. The van der Waals surface area contributed by atoms with Gasteiger partial charge in [-0.25, -0.2) is 0 Å². The van der Waals surface area contributed by atoms with E-state index in [4.69, 9.17) is 17.2 Å². The van der Waals surface area contributed by atoms with Crippen LogP contribution >= 0.6 is 12.2 Å². The second-order valence-corrected chi connectivity index (χ2v) is 10.1. The van der Waals surface area contributed by atoms with Crippen LogP contribution in [0.25, 0.3) is 5.69 Å². The molecule has 4 nitrogen and oxygen atoms in total. The van der Waals surface area contributed by atoms with Gasteiger partial charge in [0, 0.05) is 23.3 Å². The molecule has 1 aliphatic rings. The molecule has 1 aliphatic heterocycles. The van der Waals surface area contributed by atoms with E-state index in [0.29, 0.717) is 0 Å². The zero-order valence-corrected chi connectivity index (χ0v) is 22.1. The number of nitrogens with zero attached hydrogens (tertiary/aromatic N) is 3. The first-order valence-electron chi connectivity index (χ1n) is 12.1. The Kier molecular flexibility index (Phi) is 5.97. The summed E-state index contributed by atoms with van der Waals surface area (Å²) in [5.41, 5.74) is 12.1. The van der Waals surface area contributed by atoms with Crippen molar-refractivity contribution in [3.05, 3.63) is 112 Å². The highest BCUT2D eigenvalue weighted by atomic mass is 32.1. The maximum absolute atomic E-state index is 5.96. The number of rotatable bonds is 4. The first-order chi connectivity index (χ1) is 16.8. The third-order valence-electron chi connectivity index (χ3n) is 7.03. The predicted molar refractivity (Wildman–Crippen MR) is 149 cm³/mol. The Balaban J connectivity index is 1.73. The van der Waals surface area contributed by atoms with Crippen molar-refractivity contribution in [1.82, 2.24) is 14.9 Å². The lowest BCUT2D eigenvalue weighted by molar-refractivity contribution is 0.565. The standard InChI is InChI=1S/C30H32N4S/c1-18-14-19(2)16-24(15-18)34-29(27(32-30(34)35)26-12-7-8-13-31-26)25-17-22(5)33(23(25)6)28-20(3)10-9-11-21(28)4/h7-17,27,29H,1-6H3,(H,32,35)/t27-,29-/m1/s1. The second kappa shape index (κ2) is 8.97. The highest BCUT2D eigenvalue weighted by Gasteiger charge is 2.42.